The van der Waals surface area contributed by atoms with Crippen molar-refractivity contribution in [3.8, 4) is 5.75 Å². The van der Waals surface area contributed by atoms with E-state index in [0.717, 1.165) is 11.3 Å². The van der Waals surface area contributed by atoms with E-state index in [0.29, 0.717) is 27.1 Å². The molecule has 0 saturated carbocycles. The summed E-state index contributed by atoms with van der Waals surface area (Å²) in [5.41, 5.74) is 3.58. The van der Waals surface area contributed by atoms with Gasteiger partial charge in [0, 0.05) is 15.6 Å². The Morgan fingerprint density at radius 1 is 1.19 bits per heavy atom. The van der Waals surface area contributed by atoms with Crippen molar-refractivity contribution in [2.45, 2.75) is 13.5 Å². The standard InChI is InChI=1S/C20H16Cl2N2O3/c1-13-6-9-16(27-13)11-23-24-20(25)17-4-2-3-5-19(17)26-12-14-7-8-15(21)10-18(14)22/h2-11H,12H2,1H3,(H,24,25)/b23-11+. The van der Waals surface area contributed by atoms with Crippen molar-refractivity contribution in [2.24, 2.45) is 5.10 Å². The molecule has 0 aliphatic rings. The molecule has 0 unspecified atom stereocenters. The highest BCUT2D eigenvalue weighted by Gasteiger charge is 2.12. The summed E-state index contributed by atoms with van der Waals surface area (Å²) in [5.74, 6) is 1.34. The molecular weight excluding hydrogens is 387 g/mol. The maximum atomic E-state index is 12.4. The fourth-order valence-electron chi connectivity index (χ4n) is 2.31. The third kappa shape index (κ3) is 5.12. The predicted octanol–water partition coefficient (Wildman–Crippen LogP) is 5.24. The minimum atomic E-state index is -0.396. The molecule has 0 atom stereocenters. The van der Waals surface area contributed by atoms with Crippen LogP contribution >= 0.6 is 23.2 Å². The zero-order chi connectivity index (χ0) is 19.2. The number of carbonyl (C=O) groups excluding carboxylic acids is 1. The molecule has 3 aromatic rings. The van der Waals surface area contributed by atoms with Gasteiger partial charge in [0.1, 0.15) is 23.9 Å². The van der Waals surface area contributed by atoms with Crippen molar-refractivity contribution in [3.05, 3.63) is 87.3 Å². The van der Waals surface area contributed by atoms with Crippen molar-refractivity contribution in [3.63, 3.8) is 0 Å². The SMILES string of the molecule is Cc1ccc(/C=N/NC(=O)c2ccccc2OCc2ccc(Cl)cc2Cl)o1. The van der Waals surface area contributed by atoms with Crippen LogP contribution in [0.4, 0.5) is 0 Å². The molecule has 0 aliphatic carbocycles. The fourth-order valence-corrected chi connectivity index (χ4v) is 2.77. The minimum Gasteiger partial charge on any atom is -0.488 e. The quantitative estimate of drug-likeness (QED) is 0.452. The topological polar surface area (TPSA) is 63.8 Å². The number of hydrogen-bond donors (Lipinski definition) is 1. The monoisotopic (exact) mass is 402 g/mol. The van der Waals surface area contributed by atoms with Gasteiger partial charge < -0.3 is 9.15 Å². The van der Waals surface area contributed by atoms with Crippen LogP contribution in [0.1, 0.15) is 27.4 Å². The third-order valence-corrected chi connectivity index (χ3v) is 4.24. The van der Waals surface area contributed by atoms with Gasteiger partial charge in [-0.15, -0.1) is 0 Å². The lowest BCUT2D eigenvalue weighted by Crippen LogP contribution is -2.18. The zero-order valence-corrected chi connectivity index (χ0v) is 15.9. The van der Waals surface area contributed by atoms with E-state index in [9.17, 15) is 4.79 Å². The molecule has 0 saturated heterocycles. The Morgan fingerprint density at radius 2 is 2.00 bits per heavy atom. The third-order valence-electron chi connectivity index (χ3n) is 3.65. The number of rotatable bonds is 6. The molecule has 0 aliphatic heterocycles. The smallest absolute Gasteiger partial charge is 0.275 e. The van der Waals surface area contributed by atoms with Crippen LogP contribution in [0.15, 0.2) is 64.1 Å². The second-order valence-electron chi connectivity index (χ2n) is 5.67. The maximum absolute atomic E-state index is 12.4. The number of nitrogens with one attached hydrogen (secondary N) is 1. The summed E-state index contributed by atoms with van der Waals surface area (Å²) in [6, 6.07) is 15.6. The Labute approximate surface area is 166 Å². The molecule has 1 amide bonds. The Balaban J connectivity index is 1.67. The second kappa shape index (κ2) is 8.75. The summed E-state index contributed by atoms with van der Waals surface area (Å²) in [4.78, 5) is 12.4. The summed E-state index contributed by atoms with van der Waals surface area (Å²) < 4.78 is 11.1. The van der Waals surface area contributed by atoms with Gasteiger partial charge in [0.15, 0.2) is 0 Å². The van der Waals surface area contributed by atoms with Gasteiger partial charge >= 0.3 is 0 Å². The first-order valence-electron chi connectivity index (χ1n) is 8.08. The van der Waals surface area contributed by atoms with Crippen LogP contribution in [0.2, 0.25) is 10.0 Å². The minimum absolute atomic E-state index is 0.204. The lowest BCUT2D eigenvalue weighted by molar-refractivity contribution is 0.0950. The van der Waals surface area contributed by atoms with Gasteiger partial charge in [0.2, 0.25) is 0 Å². The van der Waals surface area contributed by atoms with E-state index >= 15 is 0 Å². The van der Waals surface area contributed by atoms with Gasteiger partial charge in [-0.3, -0.25) is 4.79 Å². The first kappa shape index (κ1) is 19.0. The second-order valence-corrected chi connectivity index (χ2v) is 6.51. The van der Waals surface area contributed by atoms with E-state index in [1.54, 1.807) is 48.5 Å². The fraction of sp³-hybridized carbons (Fsp3) is 0.100. The van der Waals surface area contributed by atoms with Crippen LogP contribution in [-0.2, 0) is 6.61 Å². The lowest BCUT2D eigenvalue weighted by Gasteiger charge is -2.11. The van der Waals surface area contributed by atoms with Crippen LogP contribution in [0.25, 0.3) is 0 Å². The van der Waals surface area contributed by atoms with Crippen molar-refractivity contribution >= 4 is 35.3 Å². The first-order chi connectivity index (χ1) is 13.0. The van der Waals surface area contributed by atoms with Crippen LogP contribution in [-0.4, -0.2) is 12.1 Å². The largest absolute Gasteiger partial charge is 0.488 e. The molecule has 138 valence electrons. The average Bonchev–Trinajstić information content (AvgIpc) is 3.06. The summed E-state index contributed by atoms with van der Waals surface area (Å²) in [6.07, 6.45) is 1.43. The van der Waals surface area contributed by atoms with Gasteiger partial charge in [-0.25, -0.2) is 5.43 Å². The molecule has 7 heteroatoms. The predicted molar refractivity (Wildman–Crippen MR) is 106 cm³/mol. The molecule has 2 aromatic carbocycles. The highest BCUT2D eigenvalue weighted by Crippen LogP contribution is 2.24. The number of hydrogen-bond acceptors (Lipinski definition) is 4. The number of nitrogens with zero attached hydrogens (tertiary/aromatic N) is 1. The van der Waals surface area contributed by atoms with Crippen LogP contribution < -0.4 is 10.2 Å². The molecule has 1 heterocycles. The zero-order valence-electron chi connectivity index (χ0n) is 14.4. The Kier molecular flexibility index (Phi) is 6.16. The maximum Gasteiger partial charge on any atom is 0.275 e. The number of aryl methyl sites for hydroxylation is 1. The normalized spacial score (nSPS) is 10.9. The number of carbonyl (C=O) groups is 1. The molecule has 1 aromatic heterocycles. The highest BCUT2D eigenvalue weighted by molar-refractivity contribution is 6.35. The molecular formula is C20H16Cl2N2O3. The molecule has 5 nitrogen and oxygen atoms in total. The lowest BCUT2D eigenvalue weighted by atomic mass is 10.2. The van der Waals surface area contributed by atoms with Gasteiger partial charge in [-0.2, -0.15) is 5.10 Å². The number of furan rings is 1. The van der Waals surface area contributed by atoms with Gasteiger partial charge in [0.25, 0.3) is 5.91 Å². The van der Waals surface area contributed by atoms with Crippen LogP contribution in [0.5, 0.6) is 5.75 Å². The molecule has 1 N–H and O–H groups in total. The number of benzene rings is 2. The Hall–Kier alpha value is -2.76. The summed E-state index contributed by atoms with van der Waals surface area (Å²) in [7, 11) is 0. The Bertz CT molecular complexity index is 983. The van der Waals surface area contributed by atoms with Gasteiger partial charge in [-0.1, -0.05) is 41.4 Å². The molecule has 0 fully saturated rings. The van der Waals surface area contributed by atoms with E-state index in [2.05, 4.69) is 10.5 Å². The molecule has 0 radical (unpaired) electrons. The molecule has 3 rings (SSSR count). The van der Waals surface area contributed by atoms with E-state index in [1.807, 2.05) is 13.0 Å². The van der Waals surface area contributed by atoms with Crippen molar-refractivity contribution in [1.82, 2.24) is 5.43 Å². The van der Waals surface area contributed by atoms with E-state index in [1.165, 1.54) is 6.21 Å². The first-order valence-corrected chi connectivity index (χ1v) is 8.84. The number of hydrazone groups is 1. The average molecular weight is 403 g/mol. The highest BCUT2D eigenvalue weighted by atomic mass is 35.5. The van der Waals surface area contributed by atoms with Gasteiger partial charge in [0.05, 0.1) is 11.8 Å². The van der Waals surface area contributed by atoms with Gasteiger partial charge in [-0.05, 0) is 43.3 Å². The molecule has 27 heavy (non-hydrogen) atoms. The number of halogens is 2. The van der Waals surface area contributed by atoms with E-state index < -0.39 is 5.91 Å². The van der Waals surface area contributed by atoms with E-state index in [-0.39, 0.29) is 6.61 Å². The van der Waals surface area contributed by atoms with Crippen molar-refractivity contribution < 1.29 is 13.9 Å². The van der Waals surface area contributed by atoms with E-state index in [4.69, 9.17) is 32.4 Å². The number of para-hydroxylation sites is 1. The van der Waals surface area contributed by atoms with Crippen molar-refractivity contribution in [1.29, 1.82) is 0 Å². The van der Waals surface area contributed by atoms with Crippen LogP contribution in [0, 0.1) is 6.92 Å². The summed E-state index contributed by atoms with van der Waals surface area (Å²) >= 11 is 12.1. The van der Waals surface area contributed by atoms with Crippen LogP contribution in [0.3, 0.4) is 0 Å². The molecule has 0 bridgehead atoms. The number of amides is 1. The Morgan fingerprint density at radius 3 is 2.74 bits per heavy atom. The summed E-state index contributed by atoms with van der Waals surface area (Å²) in [5, 5.41) is 4.96. The van der Waals surface area contributed by atoms with Crippen molar-refractivity contribution in [2.75, 3.05) is 0 Å². The summed E-state index contributed by atoms with van der Waals surface area (Å²) in [6.45, 7) is 2.03. The number of ether oxygens (including phenoxy) is 1. The molecule has 0 spiro atoms.